The van der Waals surface area contributed by atoms with E-state index in [1.807, 2.05) is 43.1 Å². The Hall–Kier alpha value is -2.87. The molecule has 1 unspecified atom stereocenters. The molecule has 2 saturated heterocycles. The zero-order chi connectivity index (χ0) is 22.9. The number of nitrogens with two attached hydrogens (primary N) is 1. The topological polar surface area (TPSA) is 102 Å². The van der Waals surface area contributed by atoms with Crippen molar-refractivity contribution >= 4 is 11.8 Å². The lowest BCUT2D eigenvalue weighted by Crippen LogP contribution is -2.60. The van der Waals surface area contributed by atoms with Crippen LogP contribution in [-0.4, -0.2) is 59.5 Å². The van der Waals surface area contributed by atoms with E-state index in [0.717, 1.165) is 43.5 Å². The van der Waals surface area contributed by atoms with Gasteiger partial charge in [-0.2, -0.15) is 0 Å². The summed E-state index contributed by atoms with van der Waals surface area (Å²) in [6.45, 7) is 6.02. The molecule has 1 atom stereocenters. The number of ether oxygens (including phenoxy) is 1. The van der Waals surface area contributed by atoms with Gasteiger partial charge >= 0.3 is 0 Å². The highest BCUT2D eigenvalue weighted by Gasteiger charge is 2.48. The number of aromatic nitrogens is 1. The van der Waals surface area contributed by atoms with Crippen LogP contribution in [-0.2, 0) is 11.4 Å². The fourth-order valence-electron chi connectivity index (χ4n) is 5.35. The van der Waals surface area contributed by atoms with Crippen LogP contribution >= 0.6 is 0 Å². The van der Waals surface area contributed by atoms with E-state index < -0.39 is 0 Å². The number of amides is 2. The van der Waals surface area contributed by atoms with Crippen molar-refractivity contribution < 1.29 is 18.8 Å². The molecule has 172 valence electrons. The first-order valence-electron chi connectivity index (χ1n) is 11.2. The summed E-state index contributed by atoms with van der Waals surface area (Å²) in [4.78, 5) is 29.4. The number of hydrogen-bond donors (Lipinski definition) is 1. The Balaban J connectivity index is 1.45. The highest BCUT2D eigenvalue weighted by atomic mass is 16.5. The second-order valence-electron chi connectivity index (χ2n) is 9.21. The third-order valence-corrected chi connectivity index (χ3v) is 7.08. The summed E-state index contributed by atoms with van der Waals surface area (Å²) >= 11 is 0. The summed E-state index contributed by atoms with van der Waals surface area (Å²) in [5.41, 5.74) is 7.68. The second-order valence-corrected chi connectivity index (χ2v) is 9.21. The number of likely N-dealkylation sites (tertiary alicyclic amines) is 2. The summed E-state index contributed by atoms with van der Waals surface area (Å²) < 4.78 is 11.3. The van der Waals surface area contributed by atoms with Gasteiger partial charge in [0.2, 0.25) is 5.91 Å². The molecule has 0 aliphatic carbocycles. The maximum absolute atomic E-state index is 13.3. The molecule has 1 aromatic heterocycles. The molecule has 0 radical (unpaired) electrons. The maximum Gasteiger partial charge on any atom is 0.276 e. The van der Waals surface area contributed by atoms with Crippen molar-refractivity contribution in [3.63, 3.8) is 0 Å². The van der Waals surface area contributed by atoms with Crippen molar-refractivity contribution in [3.05, 3.63) is 46.8 Å². The Morgan fingerprint density at radius 1 is 1.22 bits per heavy atom. The van der Waals surface area contributed by atoms with Gasteiger partial charge in [-0.15, -0.1) is 0 Å². The molecule has 1 aromatic carbocycles. The van der Waals surface area contributed by atoms with Gasteiger partial charge in [0.15, 0.2) is 5.69 Å². The summed E-state index contributed by atoms with van der Waals surface area (Å²) in [6, 6.07) is 7.49. The van der Waals surface area contributed by atoms with E-state index in [4.69, 9.17) is 15.0 Å². The lowest BCUT2D eigenvalue weighted by molar-refractivity contribution is -0.132. The number of hydrogen-bond acceptors (Lipinski definition) is 6. The standard InChI is InChI=1S/C24H32N4O4/c1-16-6-4-7-18(14-16)31-15-19-17(2)32-26-20(19)23(30)28-12-9-24(10-13-28)8-5-11-27(3)21(24)22(25)29/h4,6-7,14,21H,5,8-13,15H2,1-3H3,(H2,25,29). The van der Waals surface area contributed by atoms with Gasteiger partial charge in [0.1, 0.15) is 18.1 Å². The van der Waals surface area contributed by atoms with E-state index in [1.165, 1.54) is 0 Å². The summed E-state index contributed by atoms with van der Waals surface area (Å²) in [6.07, 6.45) is 3.51. The lowest BCUT2D eigenvalue weighted by Gasteiger charge is -2.51. The van der Waals surface area contributed by atoms with Crippen LogP contribution in [0.3, 0.4) is 0 Å². The summed E-state index contributed by atoms with van der Waals surface area (Å²) in [7, 11) is 1.96. The fraction of sp³-hybridized carbons (Fsp3) is 0.542. The fourth-order valence-corrected chi connectivity index (χ4v) is 5.35. The van der Waals surface area contributed by atoms with Crippen LogP contribution in [0.2, 0.25) is 0 Å². The number of primary amides is 1. The minimum absolute atomic E-state index is 0.153. The predicted octanol–water partition coefficient (Wildman–Crippen LogP) is 2.67. The van der Waals surface area contributed by atoms with Crippen LogP contribution in [0.25, 0.3) is 0 Å². The van der Waals surface area contributed by atoms with Crippen LogP contribution in [0.5, 0.6) is 5.75 Å². The van der Waals surface area contributed by atoms with Gasteiger partial charge in [0.25, 0.3) is 5.91 Å². The van der Waals surface area contributed by atoms with Crippen LogP contribution < -0.4 is 10.5 Å². The Morgan fingerprint density at radius 2 is 1.97 bits per heavy atom. The molecule has 32 heavy (non-hydrogen) atoms. The number of carbonyl (C=O) groups is 2. The first-order valence-corrected chi connectivity index (χ1v) is 11.2. The van der Waals surface area contributed by atoms with E-state index in [1.54, 1.807) is 6.92 Å². The highest BCUT2D eigenvalue weighted by Crippen LogP contribution is 2.44. The zero-order valence-corrected chi connectivity index (χ0v) is 19.1. The van der Waals surface area contributed by atoms with Gasteiger partial charge in [-0.25, -0.2) is 0 Å². The van der Waals surface area contributed by atoms with E-state index in [0.29, 0.717) is 30.1 Å². The number of carbonyl (C=O) groups excluding carboxylic acids is 2. The monoisotopic (exact) mass is 440 g/mol. The molecule has 8 nitrogen and oxygen atoms in total. The van der Waals surface area contributed by atoms with Crippen LogP contribution in [0.4, 0.5) is 0 Å². The minimum Gasteiger partial charge on any atom is -0.489 e. The third-order valence-electron chi connectivity index (χ3n) is 7.08. The van der Waals surface area contributed by atoms with Crippen molar-refractivity contribution in [2.45, 2.75) is 52.2 Å². The van der Waals surface area contributed by atoms with E-state index in [9.17, 15) is 9.59 Å². The normalized spacial score (nSPS) is 21.0. The molecule has 2 aliphatic heterocycles. The molecule has 1 spiro atoms. The molecule has 2 fully saturated rings. The third kappa shape index (κ3) is 4.24. The first-order chi connectivity index (χ1) is 15.3. The minimum atomic E-state index is -0.277. The smallest absolute Gasteiger partial charge is 0.276 e. The second kappa shape index (κ2) is 8.94. The van der Waals surface area contributed by atoms with Crippen molar-refractivity contribution in [2.24, 2.45) is 11.1 Å². The van der Waals surface area contributed by atoms with Crippen LogP contribution in [0, 0.1) is 19.3 Å². The first kappa shape index (κ1) is 22.3. The molecule has 0 saturated carbocycles. The SMILES string of the molecule is Cc1cccc(OCc2c(C(=O)N3CCC4(CCCN(C)C4C(N)=O)CC3)noc2C)c1. The Labute approximate surface area is 188 Å². The van der Waals surface area contributed by atoms with E-state index >= 15 is 0 Å². The number of rotatable bonds is 5. The number of benzene rings is 1. The van der Waals surface area contributed by atoms with Crippen LogP contribution in [0.1, 0.15) is 53.1 Å². The average molecular weight is 441 g/mol. The quantitative estimate of drug-likeness (QED) is 0.767. The molecule has 2 aliphatic rings. The maximum atomic E-state index is 13.3. The van der Waals surface area contributed by atoms with Gasteiger partial charge in [-0.05, 0) is 76.2 Å². The lowest BCUT2D eigenvalue weighted by atomic mass is 9.66. The van der Waals surface area contributed by atoms with Gasteiger partial charge in [-0.1, -0.05) is 17.3 Å². The van der Waals surface area contributed by atoms with Gasteiger partial charge < -0.3 is 19.9 Å². The Kier molecular flexibility index (Phi) is 6.24. The zero-order valence-electron chi connectivity index (χ0n) is 19.1. The molecule has 4 rings (SSSR count). The molecule has 0 bridgehead atoms. The molecular formula is C24H32N4O4. The van der Waals surface area contributed by atoms with Crippen LogP contribution in [0.15, 0.2) is 28.8 Å². The molecule has 3 heterocycles. The molecule has 8 heteroatoms. The number of piperidine rings is 2. The Bertz CT molecular complexity index is 994. The molecule has 2 N–H and O–H groups in total. The van der Waals surface area contributed by atoms with E-state index in [2.05, 4.69) is 10.1 Å². The van der Waals surface area contributed by atoms with Gasteiger partial charge in [0.05, 0.1) is 11.6 Å². The van der Waals surface area contributed by atoms with Crippen molar-refractivity contribution in [1.82, 2.24) is 15.0 Å². The average Bonchev–Trinajstić information content (AvgIpc) is 3.12. The number of nitrogens with zero attached hydrogens (tertiary/aromatic N) is 3. The molecule has 2 aromatic rings. The van der Waals surface area contributed by atoms with Crippen molar-refractivity contribution in [2.75, 3.05) is 26.7 Å². The Morgan fingerprint density at radius 3 is 2.66 bits per heavy atom. The van der Waals surface area contributed by atoms with Gasteiger partial charge in [-0.3, -0.25) is 14.5 Å². The van der Waals surface area contributed by atoms with Crippen molar-refractivity contribution in [3.8, 4) is 5.75 Å². The summed E-state index contributed by atoms with van der Waals surface area (Å²) in [5, 5.41) is 4.05. The molecular weight excluding hydrogens is 408 g/mol. The number of aryl methyl sites for hydroxylation is 2. The highest BCUT2D eigenvalue weighted by molar-refractivity contribution is 5.94. The molecule has 2 amide bonds. The number of likely N-dealkylation sites (N-methyl/N-ethyl adjacent to an activating group) is 1. The largest absolute Gasteiger partial charge is 0.489 e. The van der Waals surface area contributed by atoms with Crippen molar-refractivity contribution in [1.29, 1.82) is 0 Å². The summed E-state index contributed by atoms with van der Waals surface area (Å²) in [5.74, 6) is 0.897. The van der Waals surface area contributed by atoms with E-state index in [-0.39, 0.29) is 29.9 Å². The van der Waals surface area contributed by atoms with Gasteiger partial charge in [0, 0.05) is 13.1 Å². The predicted molar refractivity (Wildman–Crippen MR) is 119 cm³/mol.